The smallest absolute Gasteiger partial charge is 0.305 e. The van der Waals surface area contributed by atoms with E-state index < -0.39 is 0 Å². The molecule has 0 aliphatic heterocycles. The molecular weight excluding hydrogens is 130 g/mol. The van der Waals surface area contributed by atoms with Crippen molar-refractivity contribution in [3.63, 3.8) is 0 Å². The SMILES string of the molecule is [CH2]CC(=O)OCCCC#N. The van der Waals surface area contributed by atoms with E-state index in [1.807, 2.05) is 6.07 Å². The number of carbonyl (C=O) groups is 1. The second-order valence-corrected chi connectivity index (χ2v) is 1.73. The van der Waals surface area contributed by atoms with E-state index in [0.717, 1.165) is 0 Å². The number of esters is 1. The summed E-state index contributed by atoms with van der Waals surface area (Å²) in [5, 5.41) is 8.09. The molecule has 0 spiro atoms. The molecule has 10 heavy (non-hydrogen) atoms. The summed E-state index contributed by atoms with van der Waals surface area (Å²) in [6, 6.07) is 1.95. The molecule has 0 aromatic rings. The van der Waals surface area contributed by atoms with Crippen molar-refractivity contribution in [2.75, 3.05) is 6.61 Å². The highest BCUT2D eigenvalue weighted by atomic mass is 16.5. The minimum Gasteiger partial charge on any atom is -0.466 e. The number of hydrogen-bond donors (Lipinski definition) is 0. The minimum atomic E-state index is -0.307. The van der Waals surface area contributed by atoms with Crippen molar-refractivity contribution < 1.29 is 9.53 Å². The maximum atomic E-state index is 10.4. The maximum absolute atomic E-state index is 10.4. The van der Waals surface area contributed by atoms with Gasteiger partial charge in [-0.1, -0.05) is 0 Å². The zero-order valence-corrected chi connectivity index (χ0v) is 5.80. The molecule has 0 saturated carbocycles. The van der Waals surface area contributed by atoms with Crippen molar-refractivity contribution in [2.45, 2.75) is 19.3 Å². The van der Waals surface area contributed by atoms with Crippen molar-refractivity contribution in [1.29, 1.82) is 5.26 Å². The number of hydrogen-bond acceptors (Lipinski definition) is 3. The molecule has 0 atom stereocenters. The molecular formula is C7H10NO2. The van der Waals surface area contributed by atoms with E-state index in [1.54, 1.807) is 0 Å². The van der Waals surface area contributed by atoms with Crippen LogP contribution in [-0.2, 0) is 9.53 Å². The number of carbonyl (C=O) groups excluding carboxylic acids is 1. The first-order valence-electron chi connectivity index (χ1n) is 3.13. The van der Waals surface area contributed by atoms with E-state index in [4.69, 9.17) is 5.26 Å². The van der Waals surface area contributed by atoms with E-state index in [9.17, 15) is 4.79 Å². The van der Waals surface area contributed by atoms with Gasteiger partial charge in [-0.2, -0.15) is 5.26 Å². The summed E-state index contributed by atoms with van der Waals surface area (Å²) in [6.45, 7) is 3.68. The molecule has 0 rings (SSSR count). The van der Waals surface area contributed by atoms with Gasteiger partial charge in [-0.25, -0.2) is 0 Å². The fraction of sp³-hybridized carbons (Fsp3) is 0.571. The third-order valence-corrected chi connectivity index (χ3v) is 0.900. The number of nitrogens with zero attached hydrogens (tertiary/aromatic N) is 1. The Labute approximate surface area is 60.6 Å². The zero-order valence-electron chi connectivity index (χ0n) is 5.80. The predicted octanol–water partition coefficient (Wildman–Crippen LogP) is 1.06. The quantitative estimate of drug-likeness (QED) is 0.433. The van der Waals surface area contributed by atoms with Crippen LogP contribution in [0.3, 0.4) is 0 Å². The summed E-state index contributed by atoms with van der Waals surface area (Å²) in [6.07, 6.45) is 1.21. The molecule has 0 amide bonds. The first kappa shape index (κ1) is 8.96. The largest absolute Gasteiger partial charge is 0.466 e. The fourth-order valence-corrected chi connectivity index (χ4v) is 0.409. The van der Waals surface area contributed by atoms with Gasteiger partial charge in [0, 0.05) is 12.8 Å². The molecule has 1 radical (unpaired) electrons. The van der Waals surface area contributed by atoms with Crippen molar-refractivity contribution in [2.24, 2.45) is 0 Å². The van der Waals surface area contributed by atoms with Crippen LogP contribution in [-0.4, -0.2) is 12.6 Å². The molecule has 0 N–H and O–H groups in total. The van der Waals surface area contributed by atoms with Crippen molar-refractivity contribution in [3.8, 4) is 6.07 Å². The highest BCUT2D eigenvalue weighted by Gasteiger charge is 1.95. The summed E-state index contributed by atoms with van der Waals surface area (Å²) in [7, 11) is 0. The Balaban J connectivity index is 3.05. The second kappa shape index (κ2) is 6.09. The number of ether oxygens (including phenoxy) is 1. The molecule has 0 saturated heterocycles. The molecule has 3 heteroatoms. The van der Waals surface area contributed by atoms with Gasteiger partial charge in [-0.3, -0.25) is 4.79 Å². The Morgan fingerprint density at radius 3 is 2.90 bits per heavy atom. The lowest BCUT2D eigenvalue weighted by Gasteiger charge is -1.98. The van der Waals surface area contributed by atoms with Crippen molar-refractivity contribution >= 4 is 5.97 Å². The Morgan fingerprint density at radius 1 is 1.70 bits per heavy atom. The van der Waals surface area contributed by atoms with Crippen LogP contribution in [0, 0.1) is 18.3 Å². The normalized spacial score (nSPS) is 8.40. The van der Waals surface area contributed by atoms with Gasteiger partial charge in [0.15, 0.2) is 0 Å². The maximum Gasteiger partial charge on any atom is 0.305 e. The van der Waals surface area contributed by atoms with Gasteiger partial charge in [0.2, 0.25) is 0 Å². The lowest BCUT2D eigenvalue weighted by atomic mass is 10.3. The molecule has 0 aromatic carbocycles. The van der Waals surface area contributed by atoms with E-state index in [0.29, 0.717) is 19.4 Å². The molecule has 0 heterocycles. The summed E-state index contributed by atoms with van der Waals surface area (Å²) in [4.78, 5) is 10.4. The Kier molecular flexibility index (Phi) is 5.45. The summed E-state index contributed by atoms with van der Waals surface area (Å²) in [5.41, 5.74) is 0. The van der Waals surface area contributed by atoms with Gasteiger partial charge < -0.3 is 4.74 Å². The number of rotatable bonds is 4. The van der Waals surface area contributed by atoms with Crippen LogP contribution < -0.4 is 0 Å². The van der Waals surface area contributed by atoms with Crippen LogP contribution in [0.4, 0.5) is 0 Å². The van der Waals surface area contributed by atoms with Crippen molar-refractivity contribution in [3.05, 3.63) is 6.92 Å². The first-order valence-corrected chi connectivity index (χ1v) is 3.13. The van der Waals surface area contributed by atoms with Crippen molar-refractivity contribution in [1.82, 2.24) is 0 Å². The van der Waals surface area contributed by atoms with Crippen LogP contribution in [0.25, 0.3) is 0 Å². The van der Waals surface area contributed by atoms with Crippen LogP contribution in [0.15, 0.2) is 0 Å². The van der Waals surface area contributed by atoms with Gasteiger partial charge in [0.05, 0.1) is 12.7 Å². The van der Waals surface area contributed by atoms with Gasteiger partial charge in [-0.05, 0) is 13.3 Å². The minimum absolute atomic E-state index is 0.159. The van der Waals surface area contributed by atoms with Crippen LogP contribution in [0.1, 0.15) is 19.3 Å². The monoisotopic (exact) mass is 140 g/mol. The lowest BCUT2D eigenvalue weighted by molar-refractivity contribution is -0.142. The molecule has 55 valence electrons. The second-order valence-electron chi connectivity index (χ2n) is 1.73. The van der Waals surface area contributed by atoms with Crippen LogP contribution in [0.2, 0.25) is 0 Å². The fourth-order valence-electron chi connectivity index (χ4n) is 0.409. The zero-order chi connectivity index (χ0) is 7.82. The van der Waals surface area contributed by atoms with Crippen LogP contribution in [0.5, 0.6) is 0 Å². The Hall–Kier alpha value is -1.04. The lowest BCUT2D eigenvalue weighted by Crippen LogP contribution is -2.03. The molecule has 0 aromatic heterocycles. The summed E-state index contributed by atoms with van der Waals surface area (Å²) < 4.78 is 4.64. The number of nitriles is 1. The summed E-state index contributed by atoms with van der Waals surface area (Å²) in [5.74, 6) is -0.307. The molecule has 3 nitrogen and oxygen atoms in total. The third-order valence-electron chi connectivity index (χ3n) is 0.900. The molecule has 0 bridgehead atoms. The van der Waals surface area contributed by atoms with Gasteiger partial charge in [-0.15, -0.1) is 0 Å². The molecule has 0 fully saturated rings. The third kappa shape index (κ3) is 5.10. The molecule has 0 aliphatic carbocycles. The van der Waals surface area contributed by atoms with Gasteiger partial charge in [0.25, 0.3) is 0 Å². The van der Waals surface area contributed by atoms with Crippen LogP contribution >= 0.6 is 0 Å². The van der Waals surface area contributed by atoms with E-state index in [-0.39, 0.29) is 12.4 Å². The van der Waals surface area contributed by atoms with E-state index in [2.05, 4.69) is 11.7 Å². The first-order chi connectivity index (χ1) is 4.81. The molecule has 0 aliphatic rings. The van der Waals surface area contributed by atoms with E-state index in [1.165, 1.54) is 0 Å². The average molecular weight is 140 g/mol. The van der Waals surface area contributed by atoms with E-state index >= 15 is 0 Å². The Bertz CT molecular complexity index is 137. The number of unbranched alkanes of at least 4 members (excludes halogenated alkanes) is 1. The predicted molar refractivity (Wildman–Crippen MR) is 35.8 cm³/mol. The standard InChI is InChI=1S/C7H10NO2/c1-2-7(9)10-6-4-3-5-8/h1-4,6H2. The van der Waals surface area contributed by atoms with Gasteiger partial charge in [0.1, 0.15) is 0 Å². The molecule has 0 unspecified atom stereocenters. The summed E-state index contributed by atoms with van der Waals surface area (Å²) >= 11 is 0. The highest BCUT2D eigenvalue weighted by molar-refractivity contribution is 5.69. The Morgan fingerprint density at radius 2 is 2.40 bits per heavy atom. The average Bonchev–Trinajstić information content (AvgIpc) is 1.98. The highest BCUT2D eigenvalue weighted by Crippen LogP contribution is 1.90. The van der Waals surface area contributed by atoms with Gasteiger partial charge >= 0.3 is 5.97 Å². The topological polar surface area (TPSA) is 50.1 Å².